The van der Waals surface area contributed by atoms with E-state index < -0.39 is 0 Å². The largest absolute Gasteiger partial charge is 0.326 e. The molecule has 0 radical (unpaired) electrons. The number of nitrogens with two attached hydrogens (primary N) is 1. The summed E-state index contributed by atoms with van der Waals surface area (Å²) in [6.45, 7) is 2.80. The normalized spacial score (nSPS) is 24.6. The molecule has 0 amide bonds. The summed E-state index contributed by atoms with van der Waals surface area (Å²) in [6, 6.07) is 7.09. The topological polar surface area (TPSA) is 29.3 Å². The average molecular weight is 293 g/mol. The molecule has 3 heteroatoms. The van der Waals surface area contributed by atoms with Crippen LogP contribution in [0.4, 0.5) is 0 Å². The van der Waals surface area contributed by atoms with Crippen molar-refractivity contribution < 1.29 is 0 Å². The maximum atomic E-state index is 6.41. The van der Waals surface area contributed by atoms with Crippen LogP contribution < -0.4 is 5.73 Å². The zero-order valence-electron chi connectivity index (χ0n) is 12.2. The minimum Gasteiger partial charge on any atom is -0.326 e. The number of nitrogens with zero attached hydrogens (tertiary/aromatic N) is 1. The van der Waals surface area contributed by atoms with Gasteiger partial charge in [0.15, 0.2) is 0 Å². The lowest BCUT2D eigenvalue weighted by atomic mass is 9.95. The Hall–Kier alpha value is -0.570. The molecular weight excluding hydrogens is 268 g/mol. The van der Waals surface area contributed by atoms with E-state index in [0.29, 0.717) is 6.54 Å². The van der Waals surface area contributed by atoms with E-state index >= 15 is 0 Å². The first kappa shape index (κ1) is 14.4. The van der Waals surface area contributed by atoms with Crippen molar-refractivity contribution in [3.8, 4) is 0 Å². The Bertz CT molecular complexity index is 454. The van der Waals surface area contributed by atoms with Gasteiger partial charge in [-0.2, -0.15) is 0 Å². The van der Waals surface area contributed by atoms with E-state index in [1.54, 1.807) is 0 Å². The van der Waals surface area contributed by atoms with Gasteiger partial charge in [0.05, 0.1) is 0 Å². The van der Waals surface area contributed by atoms with Crippen LogP contribution in [-0.4, -0.2) is 17.5 Å². The maximum absolute atomic E-state index is 6.41. The summed E-state index contributed by atoms with van der Waals surface area (Å²) in [4.78, 5) is 2.67. The van der Waals surface area contributed by atoms with E-state index in [-0.39, 0.29) is 0 Å². The molecule has 110 valence electrons. The lowest BCUT2D eigenvalue weighted by molar-refractivity contribution is 0.183. The van der Waals surface area contributed by atoms with Gasteiger partial charge in [-0.25, -0.2) is 0 Å². The molecule has 1 heterocycles. The second kappa shape index (κ2) is 6.46. The molecule has 1 atom stereocenters. The van der Waals surface area contributed by atoms with Crippen molar-refractivity contribution in [1.29, 1.82) is 0 Å². The van der Waals surface area contributed by atoms with Crippen molar-refractivity contribution >= 4 is 11.6 Å². The van der Waals surface area contributed by atoms with Crippen LogP contribution in [0.5, 0.6) is 0 Å². The highest BCUT2D eigenvalue weighted by Crippen LogP contribution is 2.36. The minimum absolute atomic E-state index is 0.564. The molecule has 2 fully saturated rings. The van der Waals surface area contributed by atoms with Crippen LogP contribution in [0.2, 0.25) is 5.02 Å². The first-order valence-corrected chi connectivity index (χ1v) is 8.37. The molecule has 1 aliphatic heterocycles. The van der Waals surface area contributed by atoms with Gasteiger partial charge >= 0.3 is 0 Å². The van der Waals surface area contributed by atoms with Gasteiger partial charge in [-0.3, -0.25) is 4.90 Å². The molecule has 1 saturated carbocycles. The summed E-state index contributed by atoms with van der Waals surface area (Å²) in [5.41, 5.74) is 8.04. The molecule has 2 nitrogen and oxygen atoms in total. The molecular formula is C17H25ClN2. The summed E-state index contributed by atoms with van der Waals surface area (Å²) in [5, 5.41) is 0.880. The van der Waals surface area contributed by atoms with E-state index in [1.807, 2.05) is 6.07 Å². The number of halogens is 1. The number of hydrogen-bond acceptors (Lipinski definition) is 2. The van der Waals surface area contributed by atoms with Crippen LogP contribution in [0.3, 0.4) is 0 Å². The predicted molar refractivity (Wildman–Crippen MR) is 84.7 cm³/mol. The molecule has 1 unspecified atom stereocenters. The predicted octanol–water partition coefficient (Wildman–Crippen LogP) is 3.95. The van der Waals surface area contributed by atoms with Crippen LogP contribution >= 0.6 is 11.6 Å². The van der Waals surface area contributed by atoms with Crippen LogP contribution in [0.1, 0.15) is 49.7 Å². The molecule has 1 aromatic carbocycles. The fourth-order valence-electron chi connectivity index (χ4n) is 3.99. The van der Waals surface area contributed by atoms with E-state index in [0.717, 1.165) is 29.1 Å². The molecule has 3 rings (SSSR count). The van der Waals surface area contributed by atoms with Crippen LogP contribution in [-0.2, 0) is 13.1 Å². The Morgan fingerprint density at radius 3 is 2.65 bits per heavy atom. The summed E-state index contributed by atoms with van der Waals surface area (Å²) in [5.74, 6) is 0.930. The van der Waals surface area contributed by atoms with Gasteiger partial charge in [0.1, 0.15) is 0 Å². The Morgan fingerprint density at radius 2 is 1.95 bits per heavy atom. The van der Waals surface area contributed by atoms with Crippen molar-refractivity contribution in [1.82, 2.24) is 4.90 Å². The highest BCUT2D eigenvalue weighted by molar-refractivity contribution is 6.31. The molecule has 2 aliphatic rings. The Morgan fingerprint density at radius 1 is 1.15 bits per heavy atom. The molecule has 1 aliphatic carbocycles. The zero-order valence-corrected chi connectivity index (χ0v) is 12.9. The van der Waals surface area contributed by atoms with Crippen molar-refractivity contribution in [2.75, 3.05) is 6.54 Å². The second-order valence-electron chi connectivity index (χ2n) is 6.35. The van der Waals surface area contributed by atoms with Gasteiger partial charge in [-0.05, 0) is 55.3 Å². The van der Waals surface area contributed by atoms with E-state index in [4.69, 9.17) is 17.3 Å². The highest BCUT2D eigenvalue weighted by atomic mass is 35.5. The quantitative estimate of drug-likeness (QED) is 0.910. The smallest absolute Gasteiger partial charge is 0.0454 e. The fourth-order valence-corrected chi connectivity index (χ4v) is 4.25. The van der Waals surface area contributed by atoms with Gasteiger partial charge < -0.3 is 5.73 Å². The first-order chi connectivity index (χ1) is 9.78. The third-order valence-corrected chi connectivity index (χ3v) is 5.44. The number of hydrogen-bond donors (Lipinski definition) is 1. The van der Waals surface area contributed by atoms with Crippen LogP contribution in [0, 0.1) is 5.92 Å². The highest BCUT2D eigenvalue weighted by Gasteiger charge is 2.33. The van der Waals surface area contributed by atoms with Crippen LogP contribution in [0.15, 0.2) is 18.2 Å². The SMILES string of the molecule is NCc1ccc(CN2CCCC2C2CCCC2)c(Cl)c1. The zero-order chi connectivity index (χ0) is 13.9. The molecule has 2 N–H and O–H groups in total. The summed E-state index contributed by atoms with van der Waals surface area (Å²) in [7, 11) is 0. The van der Waals surface area contributed by atoms with E-state index in [9.17, 15) is 0 Å². The Labute approximate surface area is 127 Å². The summed E-state index contributed by atoms with van der Waals surface area (Å²) < 4.78 is 0. The molecule has 20 heavy (non-hydrogen) atoms. The molecule has 0 bridgehead atoms. The monoisotopic (exact) mass is 292 g/mol. The molecule has 1 aromatic rings. The maximum Gasteiger partial charge on any atom is 0.0454 e. The second-order valence-corrected chi connectivity index (χ2v) is 6.76. The van der Waals surface area contributed by atoms with Crippen molar-refractivity contribution in [3.63, 3.8) is 0 Å². The minimum atomic E-state index is 0.564. The lowest BCUT2D eigenvalue weighted by Gasteiger charge is -2.29. The molecule has 1 saturated heterocycles. The van der Waals surface area contributed by atoms with Crippen molar-refractivity contribution in [2.24, 2.45) is 11.7 Å². The van der Waals surface area contributed by atoms with Gasteiger partial charge in [-0.15, -0.1) is 0 Å². The molecule has 0 spiro atoms. The Balaban J connectivity index is 1.69. The number of rotatable bonds is 4. The van der Waals surface area contributed by atoms with Gasteiger partial charge in [0, 0.05) is 24.2 Å². The van der Waals surface area contributed by atoms with Gasteiger partial charge in [-0.1, -0.05) is 36.6 Å². The first-order valence-electron chi connectivity index (χ1n) is 7.99. The Kier molecular flexibility index (Phi) is 4.65. The lowest BCUT2D eigenvalue weighted by Crippen LogP contribution is -2.34. The average Bonchev–Trinajstić information content (AvgIpc) is 3.11. The standard InChI is InChI=1S/C17H25ClN2/c18-16-10-13(11-19)7-8-15(16)12-20-9-3-6-17(20)14-4-1-2-5-14/h7-8,10,14,17H,1-6,9,11-12,19H2. The van der Waals surface area contributed by atoms with Crippen LogP contribution in [0.25, 0.3) is 0 Å². The van der Waals surface area contributed by atoms with Gasteiger partial charge in [0.2, 0.25) is 0 Å². The third-order valence-electron chi connectivity index (χ3n) is 5.08. The van der Waals surface area contributed by atoms with E-state index in [1.165, 1.54) is 50.6 Å². The number of benzene rings is 1. The summed E-state index contributed by atoms with van der Waals surface area (Å²) >= 11 is 6.41. The van der Waals surface area contributed by atoms with Crippen molar-refractivity contribution in [2.45, 2.75) is 57.7 Å². The fraction of sp³-hybridized carbons (Fsp3) is 0.647. The van der Waals surface area contributed by atoms with Gasteiger partial charge in [0.25, 0.3) is 0 Å². The third kappa shape index (κ3) is 3.03. The molecule has 0 aromatic heterocycles. The van der Waals surface area contributed by atoms with Crippen molar-refractivity contribution in [3.05, 3.63) is 34.3 Å². The van der Waals surface area contributed by atoms with E-state index in [2.05, 4.69) is 17.0 Å². The summed E-state index contributed by atoms with van der Waals surface area (Å²) in [6.07, 6.45) is 8.45. The number of likely N-dealkylation sites (tertiary alicyclic amines) is 1.